The van der Waals surface area contributed by atoms with Gasteiger partial charge in [-0.25, -0.2) is 4.99 Å². The monoisotopic (exact) mass is 238 g/mol. The highest BCUT2D eigenvalue weighted by molar-refractivity contribution is 6.69. The summed E-state index contributed by atoms with van der Waals surface area (Å²) in [6.45, 7) is 3.43. The highest BCUT2D eigenvalue weighted by Crippen LogP contribution is 2.32. The molecule has 0 saturated heterocycles. The Morgan fingerprint density at radius 1 is 0.944 bits per heavy atom. The Kier molecular flexibility index (Phi) is 2.13. The van der Waals surface area contributed by atoms with Crippen LogP contribution in [0, 0.1) is 6.92 Å². The van der Waals surface area contributed by atoms with Crippen molar-refractivity contribution in [3.63, 3.8) is 0 Å². The molecule has 0 fully saturated rings. The molecular weight excluding hydrogens is 228 g/mol. The zero-order chi connectivity index (χ0) is 12.9. The summed E-state index contributed by atoms with van der Waals surface area (Å²) < 4.78 is 0. The Morgan fingerprint density at radius 3 is 2.44 bits per heavy atom. The SMILES string of the molecule is CC1=Nc2c(ccc3ccc(C)nc23)C(=O)C1=O. The van der Waals surface area contributed by atoms with Crippen LogP contribution in [0.3, 0.4) is 0 Å². The minimum Gasteiger partial charge on any atom is -0.285 e. The molecule has 0 bridgehead atoms. The third-order valence-corrected chi connectivity index (χ3v) is 3.03. The number of pyridine rings is 1. The van der Waals surface area contributed by atoms with Gasteiger partial charge in [-0.2, -0.15) is 0 Å². The van der Waals surface area contributed by atoms with E-state index < -0.39 is 11.6 Å². The van der Waals surface area contributed by atoms with E-state index in [1.165, 1.54) is 0 Å². The molecule has 2 heterocycles. The molecule has 0 spiro atoms. The van der Waals surface area contributed by atoms with E-state index >= 15 is 0 Å². The molecule has 1 aliphatic heterocycles. The van der Waals surface area contributed by atoms with E-state index in [4.69, 9.17) is 0 Å². The van der Waals surface area contributed by atoms with E-state index in [-0.39, 0.29) is 5.71 Å². The summed E-state index contributed by atoms with van der Waals surface area (Å²) in [6.07, 6.45) is 0. The fraction of sp³-hybridized carbons (Fsp3) is 0.143. The molecule has 0 amide bonds. The number of hydrogen-bond donors (Lipinski definition) is 0. The maximum absolute atomic E-state index is 11.9. The van der Waals surface area contributed by atoms with Crippen LogP contribution in [-0.2, 0) is 4.79 Å². The number of benzene rings is 1. The number of nitrogens with zero attached hydrogens (tertiary/aromatic N) is 2. The molecule has 4 heteroatoms. The topological polar surface area (TPSA) is 59.4 Å². The quantitative estimate of drug-likeness (QED) is 0.662. The van der Waals surface area contributed by atoms with E-state index in [0.717, 1.165) is 11.1 Å². The minimum absolute atomic E-state index is 0.225. The predicted molar refractivity (Wildman–Crippen MR) is 68.6 cm³/mol. The first-order chi connectivity index (χ1) is 8.58. The lowest BCUT2D eigenvalue weighted by Crippen LogP contribution is -2.25. The summed E-state index contributed by atoms with van der Waals surface area (Å²) in [7, 11) is 0. The first-order valence-electron chi connectivity index (χ1n) is 5.62. The van der Waals surface area contributed by atoms with Gasteiger partial charge in [0.05, 0.1) is 16.8 Å². The van der Waals surface area contributed by atoms with E-state index in [9.17, 15) is 9.59 Å². The van der Waals surface area contributed by atoms with Crippen molar-refractivity contribution in [2.45, 2.75) is 13.8 Å². The van der Waals surface area contributed by atoms with E-state index in [2.05, 4.69) is 9.98 Å². The van der Waals surface area contributed by atoms with Crippen molar-refractivity contribution in [3.8, 4) is 0 Å². The van der Waals surface area contributed by atoms with Gasteiger partial charge in [0.2, 0.25) is 11.6 Å². The molecule has 4 nitrogen and oxygen atoms in total. The molecule has 2 aromatic rings. The van der Waals surface area contributed by atoms with Crippen molar-refractivity contribution in [2.24, 2.45) is 4.99 Å². The number of aryl methyl sites for hydroxylation is 1. The fourth-order valence-electron chi connectivity index (χ4n) is 2.07. The van der Waals surface area contributed by atoms with Crippen molar-refractivity contribution in [1.82, 2.24) is 4.98 Å². The maximum Gasteiger partial charge on any atom is 0.247 e. The number of ketones is 2. The second-order valence-electron chi connectivity index (χ2n) is 4.34. The molecule has 0 radical (unpaired) electrons. The normalized spacial score (nSPS) is 14.7. The van der Waals surface area contributed by atoms with Gasteiger partial charge in [0.15, 0.2) is 0 Å². The highest BCUT2D eigenvalue weighted by Gasteiger charge is 2.28. The van der Waals surface area contributed by atoms with Crippen molar-refractivity contribution >= 4 is 33.9 Å². The van der Waals surface area contributed by atoms with E-state index in [1.807, 2.05) is 19.1 Å². The molecule has 0 saturated carbocycles. The molecule has 0 aliphatic carbocycles. The number of Topliss-reactive ketones (excluding diaryl/α,β-unsaturated/α-hetero) is 2. The molecule has 3 rings (SSSR count). The second-order valence-corrected chi connectivity index (χ2v) is 4.34. The Hall–Kier alpha value is -2.36. The average Bonchev–Trinajstić information content (AvgIpc) is 2.36. The van der Waals surface area contributed by atoms with Gasteiger partial charge in [-0.3, -0.25) is 14.6 Å². The van der Waals surface area contributed by atoms with Gasteiger partial charge in [0.25, 0.3) is 0 Å². The summed E-state index contributed by atoms with van der Waals surface area (Å²) in [5.41, 5.74) is 2.61. The van der Waals surface area contributed by atoms with Gasteiger partial charge >= 0.3 is 0 Å². The van der Waals surface area contributed by atoms with Crippen LogP contribution in [0.15, 0.2) is 29.3 Å². The van der Waals surface area contributed by atoms with Crippen LogP contribution < -0.4 is 0 Å². The van der Waals surface area contributed by atoms with Crippen molar-refractivity contribution in [2.75, 3.05) is 0 Å². The molecule has 1 aliphatic rings. The lowest BCUT2D eigenvalue weighted by atomic mass is 9.97. The van der Waals surface area contributed by atoms with E-state index in [1.54, 1.807) is 19.1 Å². The molecule has 0 N–H and O–H groups in total. The van der Waals surface area contributed by atoms with Crippen molar-refractivity contribution in [1.29, 1.82) is 0 Å². The standard InChI is InChI=1S/C14H10N2O2/c1-7-3-4-9-5-6-10-12(11(9)15-7)16-8(2)13(17)14(10)18/h3-6H,1-2H3. The van der Waals surface area contributed by atoms with Gasteiger partial charge in [-0.1, -0.05) is 12.1 Å². The summed E-state index contributed by atoms with van der Waals surface area (Å²) in [5, 5.41) is 0.915. The Bertz CT molecular complexity index is 745. The number of aliphatic imine (C=N–C) groups is 1. The maximum atomic E-state index is 11.9. The summed E-state index contributed by atoms with van der Waals surface area (Å²) >= 11 is 0. The van der Waals surface area contributed by atoms with E-state index in [0.29, 0.717) is 16.8 Å². The van der Waals surface area contributed by atoms with Crippen molar-refractivity contribution in [3.05, 3.63) is 35.5 Å². The van der Waals surface area contributed by atoms with Crippen LogP contribution in [0.5, 0.6) is 0 Å². The first kappa shape index (κ1) is 10.8. The second kappa shape index (κ2) is 3.57. The smallest absolute Gasteiger partial charge is 0.247 e. The van der Waals surface area contributed by atoms with Gasteiger partial charge < -0.3 is 0 Å². The zero-order valence-electron chi connectivity index (χ0n) is 10.0. The number of aromatic nitrogens is 1. The molecule has 18 heavy (non-hydrogen) atoms. The Morgan fingerprint density at radius 2 is 1.67 bits per heavy atom. The number of rotatable bonds is 0. The Labute approximate surface area is 103 Å². The van der Waals surface area contributed by atoms with Crippen LogP contribution in [0.25, 0.3) is 10.9 Å². The molecule has 0 atom stereocenters. The van der Waals surface area contributed by atoms with Crippen LogP contribution >= 0.6 is 0 Å². The average molecular weight is 238 g/mol. The number of hydrogen-bond acceptors (Lipinski definition) is 4. The van der Waals surface area contributed by atoms with Gasteiger partial charge in [-0.05, 0) is 26.0 Å². The predicted octanol–water partition coefficient (Wildman–Crippen LogP) is 2.40. The van der Waals surface area contributed by atoms with Gasteiger partial charge in [0.1, 0.15) is 5.69 Å². The minimum atomic E-state index is -0.533. The zero-order valence-corrected chi connectivity index (χ0v) is 10.0. The first-order valence-corrected chi connectivity index (χ1v) is 5.62. The summed E-state index contributed by atoms with van der Waals surface area (Å²) in [6, 6.07) is 7.28. The molecule has 1 aromatic heterocycles. The number of fused-ring (bicyclic) bond motifs is 3. The van der Waals surface area contributed by atoms with Crippen LogP contribution in [-0.4, -0.2) is 22.3 Å². The number of carbonyl (C=O) groups excluding carboxylic acids is 2. The lowest BCUT2D eigenvalue weighted by molar-refractivity contribution is -0.109. The third-order valence-electron chi connectivity index (χ3n) is 3.03. The van der Waals surface area contributed by atoms with Crippen LogP contribution in [0.4, 0.5) is 5.69 Å². The molecule has 1 aromatic carbocycles. The highest BCUT2D eigenvalue weighted by atomic mass is 16.2. The third kappa shape index (κ3) is 1.39. The molecule has 88 valence electrons. The summed E-state index contributed by atoms with van der Waals surface area (Å²) in [5.74, 6) is -1.03. The lowest BCUT2D eigenvalue weighted by Gasteiger charge is -2.13. The summed E-state index contributed by atoms with van der Waals surface area (Å²) in [4.78, 5) is 32.1. The Balaban J connectivity index is 2.44. The van der Waals surface area contributed by atoms with Crippen molar-refractivity contribution < 1.29 is 9.59 Å². The molecule has 0 unspecified atom stereocenters. The van der Waals surface area contributed by atoms with Gasteiger partial charge in [0, 0.05) is 11.1 Å². The molecular formula is C14H10N2O2. The largest absolute Gasteiger partial charge is 0.285 e. The number of carbonyl (C=O) groups is 2. The van der Waals surface area contributed by atoms with Crippen LogP contribution in [0.2, 0.25) is 0 Å². The fourth-order valence-corrected chi connectivity index (χ4v) is 2.07. The van der Waals surface area contributed by atoms with Gasteiger partial charge in [-0.15, -0.1) is 0 Å². The van der Waals surface area contributed by atoms with Crippen LogP contribution in [0.1, 0.15) is 23.0 Å².